The molecule has 3 nitrogen and oxygen atoms in total. The maximum atomic E-state index is 13.5. The molecule has 0 N–H and O–H groups in total. The van der Waals surface area contributed by atoms with Gasteiger partial charge in [0.2, 0.25) is 0 Å². The Balaban J connectivity index is 1.85. The predicted molar refractivity (Wildman–Crippen MR) is 71.6 cm³/mol. The maximum absolute atomic E-state index is 13.5. The van der Waals surface area contributed by atoms with E-state index in [4.69, 9.17) is 4.74 Å². The minimum Gasteiger partial charge on any atom is -0.381 e. The van der Waals surface area contributed by atoms with Crippen molar-refractivity contribution in [3.05, 3.63) is 35.6 Å². The molecule has 4 heteroatoms. The molecule has 19 heavy (non-hydrogen) atoms. The van der Waals surface area contributed by atoms with Crippen LogP contribution in [0.4, 0.5) is 4.39 Å². The fraction of sp³-hybridized carbons (Fsp3) is 0.533. The molecule has 0 radical (unpaired) electrons. The summed E-state index contributed by atoms with van der Waals surface area (Å²) in [5, 5.41) is 0. The topological polar surface area (TPSA) is 29.5 Å². The molecule has 1 aromatic rings. The van der Waals surface area contributed by atoms with Gasteiger partial charge >= 0.3 is 0 Å². The van der Waals surface area contributed by atoms with E-state index < -0.39 is 0 Å². The molecule has 1 fully saturated rings. The summed E-state index contributed by atoms with van der Waals surface area (Å²) in [5.74, 6) is -0.247. The molecule has 0 bridgehead atoms. The van der Waals surface area contributed by atoms with E-state index >= 15 is 0 Å². The van der Waals surface area contributed by atoms with Gasteiger partial charge in [-0.1, -0.05) is 18.2 Å². The smallest absolute Gasteiger partial charge is 0.151 e. The van der Waals surface area contributed by atoms with Crippen LogP contribution in [0.1, 0.15) is 18.4 Å². The molecular weight excluding hydrogens is 245 g/mol. The van der Waals surface area contributed by atoms with Crippen LogP contribution in [0.2, 0.25) is 0 Å². The van der Waals surface area contributed by atoms with Crippen molar-refractivity contribution in [2.24, 2.45) is 0 Å². The normalized spacial score (nSPS) is 16.8. The molecule has 0 aromatic heterocycles. The van der Waals surface area contributed by atoms with E-state index in [1.165, 1.54) is 6.07 Å². The number of ketones is 1. The number of rotatable bonds is 5. The van der Waals surface area contributed by atoms with E-state index in [0.29, 0.717) is 18.2 Å². The molecule has 0 atom stereocenters. The van der Waals surface area contributed by atoms with Crippen molar-refractivity contribution in [2.45, 2.75) is 25.3 Å². The van der Waals surface area contributed by atoms with Crippen molar-refractivity contribution in [3.8, 4) is 0 Å². The van der Waals surface area contributed by atoms with Crippen molar-refractivity contribution < 1.29 is 13.9 Å². The van der Waals surface area contributed by atoms with E-state index in [0.717, 1.165) is 26.1 Å². The highest BCUT2D eigenvalue weighted by atomic mass is 19.1. The number of benzene rings is 1. The Labute approximate surface area is 113 Å². The number of carbonyl (C=O) groups is 1. The van der Waals surface area contributed by atoms with Crippen LogP contribution in [0.25, 0.3) is 0 Å². The van der Waals surface area contributed by atoms with E-state index in [-0.39, 0.29) is 18.0 Å². The summed E-state index contributed by atoms with van der Waals surface area (Å²) in [6.07, 6.45) is 2.09. The summed E-state index contributed by atoms with van der Waals surface area (Å²) in [5.41, 5.74) is 0.480. The Bertz CT molecular complexity index is 430. The average molecular weight is 265 g/mol. The number of hydrogen-bond acceptors (Lipinski definition) is 3. The predicted octanol–water partition coefficient (Wildman–Crippen LogP) is 2.05. The van der Waals surface area contributed by atoms with Gasteiger partial charge in [-0.05, 0) is 31.5 Å². The van der Waals surface area contributed by atoms with Gasteiger partial charge in [-0.2, -0.15) is 0 Å². The number of hydrogen-bond donors (Lipinski definition) is 0. The van der Waals surface area contributed by atoms with Gasteiger partial charge in [0.25, 0.3) is 0 Å². The molecule has 0 unspecified atom stereocenters. The van der Waals surface area contributed by atoms with Gasteiger partial charge < -0.3 is 4.74 Å². The summed E-state index contributed by atoms with van der Waals surface area (Å²) in [6.45, 7) is 1.89. The Morgan fingerprint density at radius 3 is 2.74 bits per heavy atom. The number of ether oxygens (including phenoxy) is 1. The third kappa shape index (κ3) is 4.11. The van der Waals surface area contributed by atoms with Gasteiger partial charge in [0, 0.05) is 25.7 Å². The molecule has 0 spiro atoms. The third-order valence-electron chi connectivity index (χ3n) is 3.59. The SMILES string of the molecule is CN(CC(=O)Cc1ccccc1F)C1CCOCC1. The molecule has 104 valence electrons. The van der Waals surface area contributed by atoms with E-state index in [2.05, 4.69) is 4.90 Å². The molecular formula is C15H20FNO2. The van der Waals surface area contributed by atoms with E-state index in [1.807, 2.05) is 7.05 Å². The quantitative estimate of drug-likeness (QED) is 0.816. The van der Waals surface area contributed by atoms with E-state index in [9.17, 15) is 9.18 Å². The highest BCUT2D eigenvalue weighted by Crippen LogP contribution is 2.13. The largest absolute Gasteiger partial charge is 0.381 e. The van der Waals surface area contributed by atoms with Crippen molar-refractivity contribution >= 4 is 5.78 Å². The second kappa shape index (κ2) is 6.78. The first-order valence-electron chi connectivity index (χ1n) is 6.70. The summed E-state index contributed by atoms with van der Waals surface area (Å²) in [4.78, 5) is 14.0. The molecule has 1 heterocycles. The fourth-order valence-electron chi connectivity index (χ4n) is 2.44. The van der Waals surface area contributed by atoms with Crippen molar-refractivity contribution in [1.29, 1.82) is 0 Å². The van der Waals surface area contributed by atoms with Crippen molar-refractivity contribution in [2.75, 3.05) is 26.8 Å². The van der Waals surface area contributed by atoms with Crippen LogP contribution in [0.5, 0.6) is 0 Å². The summed E-state index contributed by atoms with van der Waals surface area (Å²) < 4.78 is 18.8. The molecule has 0 amide bonds. The van der Waals surface area contributed by atoms with Gasteiger partial charge in [0.1, 0.15) is 5.82 Å². The second-order valence-electron chi connectivity index (χ2n) is 5.07. The van der Waals surface area contributed by atoms with Gasteiger partial charge in [-0.3, -0.25) is 9.69 Å². The van der Waals surface area contributed by atoms with Crippen LogP contribution < -0.4 is 0 Å². The standard InChI is InChI=1S/C15H20FNO2/c1-17(13-6-8-19-9-7-13)11-14(18)10-12-4-2-3-5-15(12)16/h2-5,13H,6-11H2,1H3. The first kappa shape index (κ1) is 14.2. The highest BCUT2D eigenvalue weighted by Gasteiger charge is 2.20. The zero-order chi connectivity index (χ0) is 13.7. The zero-order valence-electron chi connectivity index (χ0n) is 11.3. The average Bonchev–Trinajstić information content (AvgIpc) is 2.42. The first-order valence-corrected chi connectivity index (χ1v) is 6.70. The third-order valence-corrected chi connectivity index (χ3v) is 3.59. The lowest BCUT2D eigenvalue weighted by atomic mass is 10.1. The summed E-state index contributed by atoms with van der Waals surface area (Å²) in [6, 6.07) is 6.86. The second-order valence-corrected chi connectivity index (χ2v) is 5.07. The minimum absolute atomic E-state index is 0.0547. The number of carbonyl (C=O) groups excluding carboxylic acids is 1. The Hall–Kier alpha value is -1.26. The summed E-state index contributed by atoms with van der Waals surface area (Å²) >= 11 is 0. The maximum Gasteiger partial charge on any atom is 0.151 e. The summed E-state index contributed by atoms with van der Waals surface area (Å²) in [7, 11) is 1.95. The molecule has 1 saturated heterocycles. The molecule has 0 aliphatic carbocycles. The Morgan fingerprint density at radius 2 is 2.05 bits per heavy atom. The van der Waals surface area contributed by atoms with Gasteiger partial charge in [0.05, 0.1) is 6.54 Å². The highest BCUT2D eigenvalue weighted by molar-refractivity contribution is 5.82. The molecule has 1 aliphatic rings. The van der Waals surface area contributed by atoms with Gasteiger partial charge in [-0.25, -0.2) is 4.39 Å². The fourth-order valence-corrected chi connectivity index (χ4v) is 2.44. The van der Waals surface area contributed by atoms with E-state index in [1.54, 1.807) is 18.2 Å². The Morgan fingerprint density at radius 1 is 1.37 bits per heavy atom. The lowest BCUT2D eigenvalue weighted by Crippen LogP contribution is -2.40. The van der Waals surface area contributed by atoms with Crippen LogP contribution in [0, 0.1) is 5.82 Å². The lowest BCUT2D eigenvalue weighted by Gasteiger charge is -2.30. The molecule has 1 aromatic carbocycles. The van der Waals surface area contributed by atoms with Gasteiger partial charge in [-0.15, -0.1) is 0 Å². The van der Waals surface area contributed by atoms with Gasteiger partial charge in [0.15, 0.2) is 5.78 Å². The number of nitrogens with zero attached hydrogens (tertiary/aromatic N) is 1. The lowest BCUT2D eigenvalue weighted by molar-refractivity contribution is -0.120. The van der Waals surface area contributed by atoms with Crippen LogP contribution in [0.3, 0.4) is 0 Å². The Kier molecular flexibility index (Phi) is 5.05. The number of Topliss-reactive ketones (excluding diaryl/α,β-unsaturated/α-hetero) is 1. The van der Waals surface area contributed by atoms with Crippen molar-refractivity contribution in [1.82, 2.24) is 4.90 Å². The monoisotopic (exact) mass is 265 g/mol. The van der Waals surface area contributed by atoms with Crippen LogP contribution in [0.15, 0.2) is 24.3 Å². The van der Waals surface area contributed by atoms with Crippen LogP contribution in [-0.2, 0) is 16.0 Å². The molecule has 0 saturated carbocycles. The number of likely N-dealkylation sites (N-methyl/N-ethyl adjacent to an activating group) is 1. The minimum atomic E-state index is -0.301. The zero-order valence-corrected chi connectivity index (χ0v) is 11.3. The first-order chi connectivity index (χ1) is 9.16. The molecule has 2 rings (SSSR count). The van der Waals surface area contributed by atoms with Crippen LogP contribution >= 0.6 is 0 Å². The van der Waals surface area contributed by atoms with Crippen molar-refractivity contribution in [3.63, 3.8) is 0 Å². The molecule has 1 aliphatic heterocycles. The van der Waals surface area contributed by atoms with Crippen LogP contribution in [-0.4, -0.2) is 43.5 Å². The number of halogens is 1.